The molecule has 0 fully saturated rings. The van der Waals surface area contributed by atoms with Crippen molar-refractivity contribution in [2.24, 2.45) is 0 Å². The van der Waals surface area contributed by atoms with Crippen LogP contribution in [0.4, 0.5) is 0 Å². The second kappa shape index (κ2) is 6.23. The molecule has 0 aliphatic rings. The van der Waals surface area contributed by atoms with E-state index in [0.717, 1.165) is 27.9 Å². The van der Waals surface area contributed by atoms with Crippen molar-refractivity contribution in [2.75, 3.05) is 6.61 Å². The Labute approximate surface area is 133 Å². The molecule has 0 unspecified atom stereocenters. The summed E-state index contributed by atoms with van der Waals surface area (Å²) in [4.78, 5) is 13.2. The van der Waals surface area contributed by atoms with Crippen LogP contribution in [0.1, 0.15) is 23.0 Å². The summed E-state index contributed by atoms with van der Waals surface area (Å²) in [6.45, 7) is 4.39. The lowest BCUT2D eigenvalue weighted by atomic mass is 10.2. The van der Waals surface area contributed by atoms with Crippen molar-refractivity contribution in [3.63, 3.8) is 0 Å². The highest BCUT2D eigenvalue weighted by Gasteiger charge is 2.19. The third-order valence-corrected chi connectivity index (χ3v) is 4.27. The largest absolute Gasteiger partial charge is 0.476 e. The first-order chi connectivity index (χ1) is 10.7. The van der Waals surface area contributed by atoms with Gasteiger partial charge in [0.25, 0.3) is 0 Å². The Morgan fingerprint density at radius 1 is 1.18 bits per heavy atom. The van der Waals surface area contributed by atoms with Gasteiger partial charge in [-0.1, -0.05) is 36.4 Å². The van der Waals surface area contributed by atoms with E-state index in [1.807, 2.05) is 66.9 Å². The predicted octanol–water partition coefficient (Wildman–Crippen LogP) is 3.97. The molecule has 0 radical (unpaired) electrons. The number of carbonyl (C=O) groups is 1. The maximum absolute atomic E-state index is 12.5. The van der Waals surface area contributed by atoms with Crippen molar-refractivity contribution in [1.82, 2.24) is 9.61 Å². The van der Waals surface area contributed by atoms with Crippen LogP contribution in [0.2, 0.25) is 0 Å². The van der Waals surface area contributed by atoms with Gasteiger partial charge < -0.3 is 4.74 Å². The SMILES string of the molecule is CCOc1nn2c(C)cccc2c1SC(=O)c1ccccc1. The zero-order valence-electron chi connectivity index (χ0n) is 12.4. The molecular formula is C17H16N2O2S. The zero-order chi connectivity index (χ0) is 15.5. The summed E-state index contributed by atoms with van der Waals surface area (Å²) in [6, 6.07) is 15.1. The number of hydrogen-bond acceptors (Lipinski definition) is 4. The standard InChI is InChI=1S/C17H16N2O2S/c1-3-21-16-15(14-11-7-8-12(2)19(14)18-16)22-17(20)13-9-5-4-6-10-13/h4-11H,3H2,1-2H3. The summed E-state index contributed by atoms with van der Waals surface area (Å²) < 4.78 is 7.42. The molecule has 4 nitrogen and oxygen atoms in total. The summed E-state index contributed by atoms with van der Waals surface area (Å²) in [5.74, 6) is 0.506. The van der Waals surface area contributed by atoms with Crippen LogP contribution >= 0.6 is 11.8 Å². The Kier molecular flexibility index (Phi) is 4.15. The normalized spacial score (nSPS) is 10.8. The summed E-state index contributed by atoms with van der Waals surface area (Å²) in [6.07, 6.45) is 0. The molecule has 0 atom stereocenters. The van der Waals surface area contributed by atoms with Gasteiger partial charge in [0, 0.05) is 11.3 Å². The summed E-state index contributed by atoms with van der Waals surface area (Å²) >= 11 is 1.16. The van der Waals surface area contributed by atoms with Gasteiger partial charge in [-0.15, -0.1) is 5.10 Å². The molecule has 22 heavy (non-hydrogen) atoms. The topological polar surface area (TPSA) is 43.6 Å². The van der Waals surface area contributed by atoms with Crippen LogP contribution in [0.3, 0.4) is 0 Å². The third-order valence-electron chi connectivity index (χ3n) is 3.26. The molecule has 0 N–H and O–H groups in total. The van der Waals surface area contributed by atoms with Gasteiger partial charge in [-0.05, 0) is 37.7 Å². The molecule has 2 heterocycles. The highest BCUT2D eigenvalue weighted by molar-refractivity contribution is 8.14. The number of ether oxygens (including phenoxy) is 1. The molecule has 0 saturated heterocycles. The average Bonchev–Trinajstić information content (AvgIpc) is 2.88. The minimum Gasteiger partial charge on any atom is -0.476 e. The first-order valence-electron chi connectivity index (χ1n) is 7.09. The molecule has 0 aliphatic carbocycles. The maximum Gasteiger partial charge on any atom is 0.248 e. The molecule has 2 aromatic heterocycles. The van der Waals surface area contributed by atoms with Crippen LogP contribution in [0.25, 0.3) is 5.52 Å². The second-order valence-electron chi connectivity index (χ2n) is 4.79. The fraction of sp³-hybridized carbons (Fsp3) is 0.176. The molecule has 3 aromatic rings. The van der Waals surface area contributed by atoms with E-state index in [4.69, 9.17) is 4.74 Å². The van der Waals surface area contributed by atoms with E-state index < -0.39 is 0 Å². The quantitative estimate of drug-likeness (QED) is 0.684. The molecule has 3 rings (SSSR count). The van der Waals surface area contributed by atoms with E-state index in [1.165, 1.54) is 0 Å². The van der Waals surface area contributed by atoms with Crippen molar-refractivity contribution < 1.29 is 9.53 Å². The van der Waals surface area contributed by atoms with Crippen molar-refractivity contribution in [3.8, 4) is 5.88 Å². The summed E-state index contributed by atoms with van der Waals surface area (Å²) in [5.41, 5.74) is 2.55. The fourth-order valence-electron chi connectivity index (χ4n) is 2.21. The molecule has 0 aliphatic heterocycles. The number of thioether (sulfide) groups is 1. The number of hydrogen-bond donors (Lipinski definition) is 0. The second-order valence-corrected chi connectivity index (χ2v) is 5.77. The maximum atomic E-state index is 12.5. The van der Waals surface area contributed by atoms with E-state index in [-0.39, 0.29) is 5.12 Å². The van der Waals surface area contributed by atoms with E-state index in [0.29, 0.717) is 18.1 Å². The van der Waals surface area contributed by atoms with Crippen LogP contribution < -0.4 is 4.74 Å². The highest BCUT2D eigenvalue weighted by Crippen LogP contribution is 2.35. The Bertz CT molecular complexity index is 812. The van der Waals surface area contributed by atoms with Crippen LogP contribution in [-0.4, -0.2) is 21.3 Å². The number of rotatable bonds is 4. The lowest BCUT2D eigenvalue weighted by Crippen LogP contribution is -1.96. The lowest BCUT2D eigenvalue weighted by Gasteiger charge is -2.03. The molecule has 1 aromatic carbocycles. The number of fused-ring (bicyclic) bond motifs is 1. The molecular weight excluding hydrogens is 296 g/mol. The monoisotopic (exact) mass is 312 g/mol. The Hall–Kier alpha value is -2.27. The van der Waals surface area contributed by atoms with Crippen LogP contribution in [0.5, 0.6) is 5.88 Å². The van der Waals surface area contributed by atoms with Gasteiger partial charge in [0.2, 0.25) is 11.0 Å². The van der Waals surface area contributed by atoms with Crippen LogP contribution in [-0.2, 0) is 0 Å². The van der Waals surface area contributed by atoms with Crippen molar-refractivity contribution in [3.05, 3.63) is 59.8 Å². The molecule has 0 bridgehead atoms. The molecule has 0 amide bonds. The molecule has 0 spiro atoms. The smallest absolute Gasteiger partial charge is 0.248 e. The van der Waals surface area contributed by atoms with Crippen molar-refractivity contribution >= 4 is 22.4 Å². The molecule has 112 valence electrons. The number of aryl methyl sites for hydroxylation is 1. The van der Waals surface area contributed by atoms with Gasteiger partial charge in [0.15, 0.2) is 0 Å². The minimum absolute atomic E-state index is 0.0158. The van der Waals surface area contributed by atoms with E-state index in [1.54, 1.807) is 0 Å². The Morgan fingerprint density at radius 2 is 1.95 bits per heavy atom. The minimum atomic E-state index is -0.0158. The molecule has 5 heteroatoms. The van der Waals surface area contributed by atoms with Gasteiger partial charge in [0.05, 0.1) is 12.1 Å². The average molecular weight is 312 g/mol. The number of carbonyl (C=O) groups excluding carboxylic acids is 1. The van der Waals surface area contributed by atoms with Gasteiger partial charge in [-0.3, -0.25) is 4.79 Å². The number of benzene rings is 1. The predicted molar refractivity (Wildman–Crippen MR) is 87.7 cm³/mol. The zero-order valence-corrected chi connectivity index (χ0v) is 13.3. The fourth-order valence-corrected chi connectivity index (χ4v) is 3.10. The van der Waals surface area contributed by atoms with Gasteiger partial charge in [0.1, 0.15) is 4.90 Å². The van der Waals surface area contributed by atoms with Crippen LogP contribution in [0, 0.1) is 6.92 Å². The van der Waals surface area contributed by atoms with Crippen molar-refractivity contribution in [1.29, 1.82) is 0 Å². The van der Waals surface area contributed by atoms with Gasteiger partial charge in [-0.25, -0.2) is 4.52 Å². The Morgan fingerprint density at radius 3 is 2.68 bits per heavy atom. The van der Waals surface area contributed by atoms with E-state index in [2.05, 4.69) is 5.10 Å². The highest BCUT2D eigenvalue weighted by atomic mass is 32.2. The lowest BCUT2D eigenvalue weighted by molar-refractivity contribution is 0.108. The van der Waals surface area contributed by atoms with Gasteiger partial charge >= 0.3 is 0 Å². The van der Waals surface area contributed by atoms with Gasteiger partial charge in [-0.2, -0.15) is 0 Å². The third kappa shape index (κ3) is 2.72. The summed E-state index contributed by atoms with van der Waals surface area (Å²) in [7, 11) is 0. The van der Waals surface area contributed by atoms with Crippen molar-refractivity contribution in [2.45, 2.75) is 18.7 Å². The van der Waals surface area contributed by atoms with E-state index in [9.17, 15) is 4.79 Å². The van der Waals surface area contributed by atoms with Crippen LogP contribution in [0.15, 0.2) is 53.4 Å². The first kappa shape index (κ1) is 14.7. The number of pyridine rings is 1. The van der Waals surface area contributed by atoms with E-state index >= 15 is 0 Å². The Balaban J connectivity index is 2.03. The summed E-state index contributed by atoms with van der Waals surface area (Å²) in [5, 5.41) is 4.45. The molecule has 0 saturated carbocycles. The first-order valence-corrected chi connectivity index (χ1v) is 7.90. The number of nitrogens with zero attached hydrogens (tertiary/aromatic N) is 2. The number of aromatic nitrogens is 2.